The van der Waals surface area contributed by atoms with Gasteiger partial charge >= 0.3 is 5.97 Å². The van der Waals surface area contributed by atoms with Crippen LogP contribution in [0.2, 0.25) is 0 Å². The first-order valence-corrected chi connectivity index (χ1v) is 10.7. The van der Waals surface area contributed by atoms with E-state index in [2.05, 4.69) is 9.82 Å². The molecule has 0 aliphatic heterocycles. The lowest BCUT2D eigenvalue weighted by molar-refractivity contribution is -0.146. The number of hydrogen-bond donors (Lipinski definition) is 1. The molecule has 1 heterocycles. The van der Waals surface area contributed by atoms with Crippen molar-refractivity contribution in [3.05, 3.63) is 46.8 Å². The molecule has 1 unspecified atom stereocenters. The van der Waals surface area contributed by atoms with Crippen LogP contribution in [0.4, 0.5) is 5.69 Å². The van der Waals surface area contributed by atoms with Gasteiger partial charge in [-0.25, -0.2) is 8.42 Å². The number of sulfonamides is 1. The molecule has 0 radical (unpaired) electrons. The van der Waals surface area contributed by atoms with E-state index < -0.39 is 22.1 Å². The van der Waals surface area contributed by atoms with Crippen LogP contribution < -0.4 is 4.72 Å². The van der Waals surface area contributed by atoms with Gasteiger partial charge in [-0.15, -0.1) is 0 Å². The molecule has 1 atom stereocenters. The Bertz CT molecular complexity index is 978. The molecule has 0 saturated heterocycles. The number of esters is 1. The second kappa shape index (κ2) is 8.55. The topological polar surface area (TPSA) is 107 Å². The third kappa shape index (κ3) is 5.66. The number of rotatable bonds is 8. The molecule has 1 aromatic carbocycles. The Morgan fingerprint density at radius 1 is 1.21 bits per heavy atom. The van der Waals surface area contributed by atoms with E-state index in [1.807, 2.05) is 20.9 Å². The second-order valence-electron chi connectivity index (χ2n) is 6.72. The van der Waals surface area contributed by atoms with Gasteiger partial charge in [0.2, 0.25) is 15.8 Å². The number of anilines is 1. The molecule has 0 fully saturated rings. The quantitative estimate of drug-likeness (QED) is 0.531. The molecular formula is C19H25N3O5S. The van der Waals surface area contributed by atoms with Crippen molar-refractivity contribution in [3.63, 3.8) is 0 Å². The largest absolute Gasteiger partial charge is 0.454 e. The summed E-state index contributed by atoms with van der Waals surface area (Å²) in [7, 11) is -1.54. The monoisotopic (exact) mass is 407 g/mol. The van der Waals surface area contributed by atoms with Gasteiger partial charge in [-0.2, -0.15) is 5.10 Å². The fourth-order valence-corrected chi connectivity index (χ4v) is 3.43. The van der Waals surface area contributed by atoms with Gasteiger partial charge in [0.05, 0.1) is 11.9 Å². The molecular weight excluding hydrogens is 382 g/mol. The van der Waals surface area contributed by atoms with Crippen molar-refractivity contribution < 1.29 is 22.7 Å². The van der Waals surface area contributed by atoms with Crippen molar-refractivity contribution in [3.8, 4) is 0 Å². The highest BCUT2D eigenvalue weighted by Crippen LogP contribution is 2.16. The summed E-state index contributed by atoms with van der Waals surface area (Å²) in [5.41, 5.74) is 3.56. The fourth-order valence-electron chi connectivity index (χ4n) is 2.87. The van der Waals surface area contributed by atoms with Crippen LogP contribution in [0.3, 0.4) is 0 Å². The molecule has 0 bridgehead atoms. The Morgan fingerprint density at radius 2 is 1.82 bits per heavy atom. The number of hydrogen-bond acceptors (Lipinski definition) is 6. The number of nitrogens with one attached hydrogen (secondary N) is 1. The summed E-state index contributed by atoms with van der Waals surface area (Å²) < 4.78 is 31.8. The molecule has 2 aromatic rings. The zero-order valence-corrected chi connectivity index (χ0v) is 17.5. The van der Waals surface area contributed by atoms with E-state index in [0.29, 0.717) is 17.7 Å². The van der Waals surface area contributed by atoms with Crippen molar-refractivity contribution in [1.82, 2.24) is 9.78 Å². The first-order chi connectivity index (χ1) is 13.0. The van der Waals surface area contributed by atoms with Crippen molar-refractivity contribution in [1.29, 1.82) is 0 Å². The summed E-state index contributed by atoms with van der Waals surface area (Å²) in [6.45, 7) is 5.35. The van der Waals surface area contributed by atoms with Crippen LogP contribution in [0.1, 0.15) is 40.7 Å². The van der Waals surface area contributed by atoms with Gasteiger partial charge in [-0.1, -0.05) is 0 Å². The Labute approximate surface area is 164 Å². The van der Waals surface area contributed by atoms with Gasteiger partial charge < -0.3 is 4.74 Å². The van der Waals surface area contributed by atoms with Gasteiger partial charge in [-0.3, -0.25) is 19.0 Å². The van der Waals surface area contributed by atoms with Crippen LogP contribution in [0, 0.1) is 13.8 Å². The lowest BCUT2D eigenvalue weighted by Crippen LogP contribution is -2.24. The lowest BCUT2D eigenvalue weighted by Gasteiger charge is -2.13. The molecule has 0 amide bonds. The second-order valence-corrected chi connectivity index (χ2v) is 8.47. The van der Waals surface area contributed by atoms with E-state index in [4.69, 9.17) is 4.74 Å². The fraction of sp³-hybridized carbons (Fsp3) is 0.421. The van der Waals surface area contributed by atoms with Gasteiger partial charge in [0, 0.05) is 30.4 Å². The van der Waals surface area contributed by atoms with Crippen LogP contribution in [-0.4, -0.2) is 42.3 Å². The van der Waals surface area contributed by atoms with Gasteiger partial charge in [0.25, 0.3) is 0 Å². The van der Waals surface area contributed by atoms with Crippen LogP contribution in [0.15, 0.2) is 24.3 Å². The molecule has 1 aromatic heterocycles. The zero-order chi connectivity index (χ0) is 21.1. The van der Waals surface area contributed by atoms with E-state index in [-0.39, 0.29) is 12.2 Å². The van der Waals surface area contributed by atoms with Crippen molar-refractivity contribution in [2.24, 2.45) is 7.05 Å². The molecule has 0 aliphatic carbocycles. The van der Waals surface area contributed by atoms with E-state index in [1.54, 1.807) is 4.68 Å². The van der Waals surface area contributed by atoms with E-state index >= 15 is 0 Å². The number of nitrogens with zero attached hydrogens (tertiary/aromatic N) is 2. The number of ketones is 1. The molecule has 0 spiro atoms. The summed E-state index contributed by atoms with van der Waals surface area (Å²) in [5.74, 6) is -0.813. The Morgan fingerprint density at radius 3 is 2.32 bits per heavy atom. The molecule has 28 heavy (non-hydrogen) atoms. The maximum Gasteiger partial charge on any atom is 0.306 e. The maximum absolute atomic E-state index is 12.4. The molecule has 9 heteroatoms. The minimum absolute atomic E-state index is 0.155. The average Bonchev–Trinajstić information content (AvgIpc) is 2.83. The highest BCUT2D eigenvalue weighted by molar-refractivity contribution is 7.92. The number of benzene rings is 1. The molecule has 2 rings (SSSR count). The highest BCUT2D eigenvalue weighted by Gasteiger charge is 2.20. The number of carbonyl (C=O) groups is 2. The van der Waals surface area contributed by atoms with Gasteiger partial charge in [0.15, 0.2) is 6.10 Å². The number of ether oxygens (including phenoxy) is 1. The van der Waals surface area contributed by atoms with Crippen LogP contribution >= 0.6 is 0 Å². The normalized spacial score (nSPS) is 12.5. The van der Waals surface area contributed by atoms with Gasteiger partial charge in [-0.05, 0) is 57.0 Å². The molecule has 1 N–H and O–H groups in total. The first-order valence-electron chi connectivity index (χ1n) is 8.78. The number of aryl methyl sites for hydroxylation is 2. The summed E-state index contributed by atoms with van der Waals surface area (Å²) in [5, 5.41) is 4.31. The summed E-state index contributed by atoms with van der Waals surface area (Å²) in [4.78, 5) is 24.6. The van der Waals surface area contributed by atoms with Crippen molar-refractivity contribution in [2.45, 2.75) is 39.7 Å². The van der Waals surface area contributed by atoms with Crippen molar-refractivity contribution >= 4 is 27.5 Å². The van der Waals surface area contributed by atoms with Gasteiger partial charge in [0.1, 0.15) is 0 Å². The Hall–Kier alpha value is -2.68. The van der Waals surface area contributed by atoms with Crippen molar-refractivity contribution in [2.75, 3.05) is 11.0 Å². The predicted molar refractivity (Wildman–Crippen MR) is 106 cm³/mol. The van der Waals surface area contributed by atoms with E-state index in [1.165, 1.54) is 31.2 Å². The lowest BCUT2D eigenvalue weighted by atomic mass is 10.1. The molecule has 0 saturated carbocycles. The minimum atomic E-state index is -3.39. The Balaban J connectivity index is 1.93. The summed E-state index contributed by atoms with van der Waals surface area (Å²) >= 11 is 0. The van der Waals surface area contributed by atoms with Crippen LogP contribution in [0.5, 0.6) is 0 Å². The number of Topliss-reactive ketones (excluding diaryl/α,β-unsaturated/α-hetero) is 1. The summed E-state index contributed by atoms with van der Waals surface area (Å²) in [6, 6.07) is 5.94. The van der Waals surface area contributed by atoms with Crippen LogP contribution in [0.25, 0.3) is 0 Å². The molecule has 8 nitrogen and oxygen atoms in total. The van der Waals surface area contributed by atoms with Crippen LogP contribution in [-0.2, 0) is 33.0 Å². The maximum atomic E-state index is 12.4. The summed E-state index contributed by atoms with van der Waals surface area (Å²) in [6.07, 6.45) is 0.763. The zero-order valence-electron chi connectivity index (χ0n) is 16.6. The van der Waals surface area contributed by atoms with E-state index in [0.717, 1.165) is 23.2 Å². The third-order valence-corrected chi connectivity index (χ3v) is 4.99. The highest BCUT2D eigenvalue weighted by atomic mass is 32.2. The smallest absolute Gasteiger partial charge is 0.306 e. The van der Waals surface area contributed by atoms with E-state index in [9.17, 15) is 18.0 Å². The average molecular weight is 407 g/mol. The Kier molecular flexibility index (Phi) is 6.60. The third-order valence-electron chi connectivity index (χ3n) is 4.39. The molecule has 0 aliphatic rings. The number of carbonyl (C=O) groups excluding carboxylic acids is 2. The molecule has 152 valence electrons. The standard InChI is InChI=1S/C19H25N3O5S/c1-12-17(13(2)22(4)20-12)10-11-18(23)27-14(3)19(24)15-6-8-16(9-7-15)21-28(5,25)26/h6-9,14,21H,10-11H2,1-5H3. The first kappa shape index (κ1) is 21.6. The predicted octanol–water partition coefficient (Wildman–Crippen LogP) is 2.16. The minimum Gasteiger partial charge on any atom is -0.454 e. The SMILES string of the molecule is Cc1nn(C)c(C)c1CCC(=O)OC(C)C(=O)c1ccc(NS(C)(=O)=O)cc1. The number of aromatic nitrogens is 2.